The van der Waals surface area contributed by atoms with Crippen molar-refractivity contribution in [1.82, 2.24) is 10.3 Å². The first-order valence-electron chi connectivity index (χ1n) is 6.54. The largest absolute Gasteiger partial charge is 0.452 e. The van der Waals surface area contributed by atoms with Gasteiger partial charge in [0.25, 0.3) is 5.91 Å². The number of ether oxygens (including phenoxy) is 1. The van der Waals surface area contributed by atoms with Crippen LogP contribution in [-0.2, 0) is 9.53 Å². The molecule has 0 spiro atoms. The molecule has 7 nitrogen and oxygen atoms in total. The maximum Gasteiger partial charge on any atom is 0.339 e. The predicted octanol–water partition coefficient (Wildman–Crippen LogP) is 0.715. The van der Waals surface area contributed by atoms with Crippen LogP contribution in [0.15, 0.2) is 35.1 Å². The number of aromatic amines is 1. The second-order valence-corrected chi connectivity index (χ2v) is 4.43. The number of amides is 1. The molecular formula is C15H13N3O4. The molecule has 0 fully saturated rings. The number of hydrogen-bond acceptors (Lipinski definition) is 5. The summed E-state index contributed by atoms with van der Waals surface area (Å²) in [5, 5.41) is 11.3. The Hall–Kier alpha value is -3.14. The van der Waals surface area contributed by atoms with Crippen LogP contribution in [-0.4, -0.2) is 30.0 Å². The van der Waals surface area contributed by atoms with E-state index >= 15 is 0 Å². The lowest BCUT2D eigenvalue weighted by atomic mass is 10.1. The summed E-state index contributed by atoms with van der Waals surface area (Å²) in [4.78, 5) is 37.6. The summed E-state index contributed by atoms with van der Waals surface area (Å²) in [5.74, 6) is -1.25. The highest BCUT2D eigenvalue weighted by Gasteiger charge is 2.14. The Balaban J connectivity index is 2.09. The average Bonchev–Trinajstić information content (AvgIpc) is 2.52. The zero-order valence-corrected chi connectivity index (χ0v) is 11.6. The number of fused-ring (bicyclic) bond motifs is 1. The average molecular weight is 299 g/mol. The van der Waals surface area contributed by atoms with Gasteiger partial charge in [-0.3, -0.25) is 9.59 Å². The van der Waals surface area contributed by atoms with Crippen molar-refractivity contribution in [2.24, 2.45) is 0 Å². The molecule has 0 aliphatic rings. The Morgan fingerprint density at radius 3 is 2.86 bits per heavy atom. The van der Waals surface area contributed by atoms with Crippen molar-refractivity contribution in [2.75, 3.05) is 13.2 Å². The third kappa shape index (κ3) is 3.70. The van der Waals surface area contributed by atoms with Gasteiger partial charge in [-0.2, -0.15) is 5.26 Å². The quantitative estimate of drug-likeness (QED) is 0.624. The predicted molar refractivity (Wildman–Crippen MR) is 78.1 cm³/mol. The molecule has 1 aromatic heterocycles. The van der Waals surface area contributed by atoms with Crippen molar-refractivity contribution in [3.05, 3.63) is 46.2 Å². The molecule has 22 heavy (non-hydrogen) atoms. The van der Waals surface area contributed by atoms with Crippen LogP contribution in [0, 0.1) is 11.3 Å². The van der Waals surface area contributed by atoms with E-state index in [4.69, 9.17) is 10.00 Å². The van der Waals surface area contributed by atoms with Crippen LogP contribution in [0.25, 0.3) is 10.9 Å². The third-order valence-corrected chi connectivity index (χ3v) is 2.86. The van der Waals surface area contributed by atoms with E-state index in [1.807, 2.05) is 6.07 Å². The molecule has 1 heterocycles. The monoisotopic (exact) mass is 299 g/mol. The minimum Gasteiger partial charge on any atom is -0.452 e. The number of pyridine rings is 1. The van der Waals surface area contributed by atoms with E-state index in [1.165, 1.54) is 0 Å². The number of benzene rings is 1. The molecule has 112 valence electrons. The fraction of sp³-hybridized carbons (Fsp3) is 0.200. The SMILES string of the molecule is N#CCCNC(=O)COC(=O)c1cc(=O)[nH]c2ccccc12. The Morgan fingerprint density at radius 2 is 2.09 bits per heavy atom. The molecule has 0 bridgehead atoms. The summed E-state index contributed by atoms with van der Waals surface area (Å²) >= 11 is 0. The maximum absolute atomic E-state index is 12.0. The summed E-state index contributed by atoms with van der Waals surface area (Å²) in [6, 6.07) is 9.82. The van der Waals surface area contributed by atoms with Crippen LogP contribution in [0.4, 0.5) is 0 Å². The van der Waals surface area contributed by atoms with Gasteiger partial charge in [-0.05, 0) is 6.07 Å². The highest BCUT2D eigenvalue weighted by atomic mass is 16.5. The second-order valence-electron chi connectivity index (χ2n) is 4.43. The van der Waals surface area contributed by atoms with E-state index in [9.17, 15) is 14.4 Å². The zero-order chi connectivity index (χ0) is 15.9. The standard InChI is InChI=1S/C15H13N3O4/c16-6-3-7-17-14(20)9-22-15(21)11-8-13(19)18-12-5-2-1-4-10(11)12/h1-2,4-5,8H,3,7,9H2,(H,17,20)(H,18,19). The van der Waals surface area contributed by atoms with Gasteiger partial charge in [0, 0.05) is 23.5 Å². The van der Waals surface area contributed by atoms with Gasteiger partial charge < -0.3 is 15.0 Å². The number of carbonyl (C=O) groups excluding carboxylic acids is 2. The lowest BCUT2D eigenvalue weighted by molar-refractivity contribution is -0.124. The summed E-state index contributed by atoms with van der Waals surface area (Å²) in [5.41, 5.74) is 0.189. The number of aromatic nitrogens is 1. The molecule has 2 N–H and O–H groups in total. The summed E-state index contributed by atoms with van der Waals surface area (Å²) in [7, 11) is 0. The summed E-state index contributed by atoms with van der Waals surface area (Å²) < 4.78 is 4.90. The number of esters is 1. The van der Waals surface area contributed by atoms with Crippen molar-refractivity contribution in [3.8, 4) is 6.07 Å². The van der Waals surface area contributed by atoms with Crippen LogP contribution in [0.2, 0.25) is 0 Å². The lowest BCUT2D eigenvalue weighted by Gasteiger charge is -2.07. The fourth-order valence-corrected chi connectivity index (χ4v) is 1.89. The first-order valence-corrected chi connectivity index (χ1v) is 6.54. The maximum atomic E-state index is 12.0. The Bertz CT molecular complexity index is 804. The fourth-order valence-electron chi connectivity index (χ4n) is 1.89. The molecule has 0 saturated carbocycles. The van der Waals surface area contributed by atoms with Gasteiger partial charge in [-0.25, -0.2) is 4.79 Å². The Labute approximate surface area is 125 Å². The molecule has 0 aliphatic carbocycles. The molecule has 0 radical (unpaired) electrons. The summed E-state index contributed by atoms with van der Waals surface area (Å²) in [6.07, 6.45) is 0.179. The van der Waals surface area contributed by atoms with E-state index in [-0.39, 0.29) is 18.5 Å². The molecule has 2 aromatic rings. The first kappa shape index (κ1) is 15.3. The van der Waals surface area contributed by atoms with E-state index in [2.05, 4.69) is 10.3 Å². The van der Waals surface area contributed by atoms with Gasteiger partial charge in [0.1, 0.15) is 0 Å². The molecule has 0 atom stereocenters. The van der Waals surface area contributed by atoms with Crippen LogP contribution in [0.3, 0.4) is 0 Å². The van der Waals surface area contributed by atoms with E-state index in [1.54, 1.807) is 24.3 Å². The Kier molecular flexibility index (Phi) is 4.88. The van der Waals surface area contributed by atoms with Gasteiger partial charge >= 0.3 is 5.97 Å². The number of nitrogens with one attached hydrogen (secondary N) is 2. The highest BCUT2D eigenvalue weighted by Crippen LogP contribution is 2.15. The van der Waals surface area contributed by atoms with Gasteiger partial charge in [0.15, 0.2) is 6.61 Å². The van der Waals surface area contributed by atoms with Gasteiger partial charge in [-0.1, -0.05) is 18.2 Å². The van der Waals surface area contributed by atoms with E-state index in [0.29, 0.717) is 10.9 Å². The van der Waals surface area contributed by atoms with E-state index < -0.39 is 24.0 Å². The molecule has 0 saturated heterocycles. The van der Waals surface area contributed by atoms with Crippen molar-refractivity contribution in [3.63, 3.8) is 0 Å². The molecule has 0 aliphatic heterocycles. The lowest BCUT2D eigenvalue weighted by Crippen LogP contribution is -2.29. The van der Waals surface area contributed by atoms with Crippen LogP contribution in [0.1, 0.15) is 16.8 Å². The van der Waals surface area contributed by atoms with Crippen LogP contribution < -0.4 is 10.9 Å². The molecule has 7 heteroatoms. The normalized spacial score (nSPS) is 9.95. The second kappa shape index (κ2) is 7.04. The van der Waals surface area contributed by atoms with Crippen LogP contribution in [0.5, 0.6) is 0 Å². The number of carbonyl (C=O) groups is 2. The number of nitrogens with zero attached hydrogens (tertiary/aromatic N) is 1. The van der Waals surface area contributed by atoms with Crippen LogP contribution >= 0.6 is 0 Å². The number of para-hydroxylation sites is 1. The highest BCUT2D eigenvalue weighted by molar-refractivity contribution is 6.03. The topological polar surface area (TPSA) is 112 Å². The molecule has 1 amide bonds. The molecule has 1 aromatic carbocycles. The number of H-pyrrole nitrogens is 1. The first-order chi connectivity index (χ1) is 10.6. The third-order valence-electron chi connectivity index (χ3n) is 2.86. The van der Waals surface area contributed by atoms with Crippen molar-refractivity contribution < 1.29 is 14.3 Å². The summed E-state index contributed by atoms with van der Waals surface area (Å²) in [6.45, 7) is -0.272. The van der Waals surface area contributed by atoms with E-state index in [0.717, 1.165) is 6.07 Å². The minimum atomic E-state index is -0.752. The van der Waals surface area contributed by atoms with Crippen molar-refractivity contribution >= 4 is 22.8 Å². The van der Waals surface area contributed by atoms with Crippen molar-refractivity contribution in [2.45, 2.75) is 6.42 Å². The molecule has 2 rings (SSSR count). The molecular weight excluding hydrogens is 286 g/mol. The van der Waals surface area contributed by atoms with Gasteiger partial charge in [0.05, 0.1) is 18.1 Å². The smallest absolute Gasteiger partial charge is 0.339 e. The van der Waals surface area contributed by atoms with Gasteiger partial charge in [0.2, 0.25) is 5.56 Å². The minimum absolute atomic E-state index is 0.101. The number of rotatable bonds is 5. The zero-order valence-electron chi connectivity index (χ0n) is 11.6. The Morgan fingerprint density at radius 1 is 1.32 bits per heavy atom. The number of nitriles is 1. The van der Waals surface area contributed by atoms with Gasteiger partial charge in [-0.15, -0.1) is 0 Å². The van der Waals surface area contributed by atoms with Crippen molar-refractivity contribution in [1.29, 1.82) is 5.26 Å². The molecule has 0 unspecified atom stereocenters. The number of hydrogen-bond donors (Lipinski definition) is 2.